The third kappa shape index (κ3) is 3.08. The van der Waals surface area contributed by atoms with Crippen molar-refractivity contribution < 1.29 is 4.74 Å². The molecule has 2 rings (SSSR count). The molecule has 0 bridgehead atoms. The zero-order chi connectivity index (χ0) is 13.1. The highest BCUT2D eigenvalue weighted by atomic mass is 16.5. The summed E-state index contributed by atoms with van der Waals surface area (Å²) in [6.45, 7) is 6.38. The van der Waals surface area contributed by atoms with Gasteiger partial charge >= 0.3 is 0 Å². The van der Waals surface area contributed by atoms with Crippen LogP contribution < -0.4 is 16.0 Å². The first-order chi connectivity index (χ1) is 8.58. The van der Waals surface area contributed by atoms with Gasteiger partial charge in [-0.05, 0) is 20.9 Å². The average Bonchev–Trinajstić information content (AvgIpc) is 2.24. The molecule has 1 fully saturated rings. The van der Waals surface area contributed by atoms with Gasteiger partial charge in [-0.1, -0.05) is 0 Å². The summed E-state index contributed by atoms with van der Waals surface area (Å²) in [6, 6.07) is 2.49. The first-order valence-corrected chi connectivity index (χ1v) is 6.25. The van der Waals surface area contributed by atoms with Crippen LogP contribution in [0.2, 0.25) is 0 Å². The van der Waals surface area contributed by atoms with Crippen LogP contribution in [-0.2, 0) is 11.3 Å². The summed E-state index contributed by atoms with van der Waals surface area (Å²) < 4.78 is 5.53. The summed E-state index contributed by atoms with van der Waals surface area (Å²) in [4.78, 5) is 10.6. The van der Waals surface area contributed by atoms with Gasteiger partial charge in [-0.15, -0.1) is 0 Å². The molecule has 6 nitrogen and oxygen atoms in total. The normalized spacial score (nSPS) is 16.1. The van der Waals surface area contributed by atoms with Gasteiger partial charge in [0.2, 0.25) is 5.95 Å². The van der Waals surface area contributed by atoms with Crippen molar-refractivity contribution in [1.82, 2.24) is 15.3 Å². The van der Waals surface area contributed by atoms with Gasteiger partial charge in [0.25, 0.3) is 0 Å². The Labute approximate surface area is 108 Å². The van der Waals surface area contributed by atoms with Crippen LogP contribution in [0.1, 0.15) is 19.5 Å². The van der Waals surface area contributed by atoms with E-state index in [1.54, 1.807) is 0 Å². The van der Waals surface area contributed by atoms with Crippen molar-refractivity contribution in [2.75, 3.05) is 30.8 Å². The number of nitrogens with one attached hydrogen (secondary N) is 1. The van der Waals surface area contributed by atoms with E-state index in [1.165, 1.54) is 0 Å². The van der Waals surface area contributed by atoms with Crippen molar-refractivity contribution in [3.8, 4) is 0 Å². The number of nitrogens with zero attached hydrogens (tertiary/aromatic N) is 3. The molecule has 3 N–H and O–H groups in total. The number of anilines is 2. The van der Waals surface area contributed by atoms with E-state index >= 15 is 0 Å². The van der Waals surface area contributed by atoms with Crippen LogP contribution in [0.5, 0.6) is 0 Å². The van der Waals surface area contributed by atoms with Crippen LogP contribution in [0.15, 0.2) is 6.07 Å². The lowest BCUT2D eigenvalue weighted by atomic mass is 10.1. The number of hydrogen-bond donors (Lipinski definition) is 2. The molecule has 100 valence electrons. The second-order valence-electron chi connectivity index (χ2n) is 4.83. The standard InChI is InChI=1S/C12H21N5O/c1-8(2)18-7-9-4-11(16-12(13)15-9)17-5-10(6-17)14-3/h4,8,10,14H,5-7H2,1-3H3,(H2,13,15,16). The summed E-state index contributed by atoms with van der Waals surface area (Å²) >= 11 is 0. The third-order valence-corrected chi connectivity index (χ3v) is 2.96. The molecule has 1 saturated heterocycles. The Morgan fingerprint density at radius 2 is 2.22 bits per heavy atom. The fourth-order valence-electron chi connectivity index (χ4n) is 1.84. The lowest BCUT2D eigenvalue weighted by Gasteiger charge is -2.40. The van der Waals surface area contributed by atoms with Crippen LogP contribution >= 0.6 is 0 Å². The van der Waals surface area contributed by atoms with Gasteiger partial charge in [0.1, 0.15) is 5.82 Å². The zero-order valence-corrected chi connectivity index (χ0v) is 11.2. The molecule has 0 spiro atoms. The van der Waals surface area contributed by atoms with Gasteiger partial charge < -0.3 is 20.7 Å². The Hall–Kier alpha value is -1.40. The van der Waals surface area contributed by atoms with Crippen LogP contribution in [0.4, 0.5) is 11.8 Å². The van der Waals surface area contributed by atoms with Gasteiger partial charge in [-0.25, -0.2) is 4.98 Å². The Morgan fingerprint density at radius 3 is 2.83 bits per heavy atom. The molecule has 1 aliphatic rings. The fraction of sp³-hybridized carbons (Fsp3) is 0.667. The predicted molar refractivity (Wildman–Crippen MR) is 71.4 cm³/mol. The minimum atomic E-state index is 0.183. The van der Waals surface area contributed by atoms with E-state index in [1.807, 2.05) is 27.0 Å². The van der Waals surface area contributed by atoms with E-state index < -0.39 is 0 Å². The van der Waals surface area contributed by atoms with Crippen LogP contribution in [0.25, 0.3) is 0 Å². The van der Waals surface area contributed by atoms with E-state index in [0.29, 0.717) is 18.6 Å². The van der Waals surface area contributed by atoms with Crippen molar-refractivity contribution in [3.05, 3.63) is 11.8 Å². The first-order valence-electron chi connectivity index (χ1n) is 6.25. The fourth-order valence-corrected chi connectivity index (χ4v) is 1.84. The largest absolute Gasteiger partial charge is 0.373 e. The van der Waals surface area contributed by atoms with Crippen LogP contribution in [0.3, 0.4) is 0 Å². The Balaban J connectivity index is 2.03. The molecule has 0 radical (unpaired) electrons. The highest BCUT2D eigenvalue weighted by molar-refractivity contribution is 5.46. The maximum Gasteiger partial charge on any atom is 0.222 e. The molecule has 0 atom stereocenters. The van der Waals surface area contributed by atoms with E-state index in [2.05, 4.69) is 20.2 Å². The summed E-state index contributed by atoms with van der Waals surface area (Å²) in [6.07, 6.45) is 0.183. The van der Waals surface area contributed by atoms with E-state index in [0.717, 1.165) is 24.6 Å². The maximum absolute atomic E-state index is 5.73. The summed E-state index contributed by atoms with van der Waals surface area (Å²) in [5.41, 5.74) is 6.56. The second kappa shape index (κ2) is 5.49. The Morgan fingerprint density at radius 1 is 1.50 bits per heavy atom. The van der Waals surface area contributed by atoms with E-state index in [9.17, 15) is 0 Å². The molecule has 18 heavy (non-hydrogen) atoms. The number of likely N-dealkylation sites (N-methyl/N-ethyl adjacent to an activating group) is 1. The van der Waals surface area contributed by atoms with Crippen LogP contribution in [0, 0.1) is 0 Å². The molecule has 0 amide bonds. The van der Waals surface area contributed by atoms with E-state index in [4.69, 9.17) is 10.5 Å². The highest BCUT2D eigenvalue weighted by Gasteiger charge is 2.26. The topological polar surface area (TPSA) is 76.3 Å². The smallest absolute Gasteiger partial charge is 0.222 e. The first kappa shape index (κ1) is 13.0. The van der Waals surface area contributed by atoms with Crippen molar-refractivity contribution in [1.29, 1.82) is 0 Å². The maximum atomic E-state index is 5.73. The van der Waals surface area contributed by atoms with Crippen molar-refractivity contribution in [3.63, 3.8) is 0 Å². The minimum absolute atomic E-state index is 0.183. The van der Waals surface area contributed by atoms with Gasteiger partial charge in [0.05, 0.1) is 18.4 Å². The molecule has 0 unspecified atom stereocenters. The van der Waals surface area contributed by atoms with Gasteiger partial charge in [-0.2, -0.15) is 4.98 Å². The number of nitrogen functional groups attached to an aromatic ring is 1. The van der Waals surface area contributed by atoms with Crippen molar-refractivity contribution >= 4 is 11.8 Å². The molecular weight excluding hydrogens is 230 g/mol. The highest BCUT2D eigenvalue weighted by Crippen LogP contribution is 2.20. The minimum Gasteiger partial charge on any atom is -0.373 e. The lowest BCUT2D eigenvalue weighted by Crippen LogP contribution is -2.57. The third-order valence-electron chi connectivity index (χ3n) is 2.96. The molecule has 1 aliphatic heterocycles. The summed E-state index contributed by atoms with van der Waals surface area (Å²) in [5.74, 6) is 1.19. The summed E-state index contributed by atoms with van der Waals surface area (Å²) in [5, 5.41) is 3.23. The van der Waals surface area contributed by atoms with Gasteiger partial charge in [-0.3, -0.25) is 0 Å². The average molecular weight is 251 g/mol. The Kier molecular flexibility index (Phi) is 3.98. The van der Waals surface area contributed by atoms with Gasteiger partial charge in [0.15, 0.2) is 0 Å². The molecule has 0 aliphatic carbocycles. The molecule has 1 aromatic heterocycles. The molecular formula is C12H21N5O. The van der Waals surface area contributed by atoms with Gasteiger partial charge in [0, 0.05) is 25.2 Å². The second-order valence-corrected chi connectivity index (χ2v) is 4.83. The van der Waals surface area contributed by atoms with Crippen LogP contribution in [-0.4, -0.2) is 42.3 Å². The van der Waals surface area contributed by atoms with Crippen molar-refractivity contribution in [2.45, 2.75) is 32.6 Å². The Bertz CT molecular complexity index is 403. The van der Waals surface area contributed by atoms with Crippen molar-refractivity contribution in [2.24, 2.45) is 0 Å². The number of hydrogen-bond acceptors (Lipinski definition) is 6. The molecule has 1 aromatic rings. The van der Waals surface area contributed by atoms with E-state index in [-0.39, 0.29) is 6.10 Å². The molecule has 2 heterocycles. The quantitative estimate of drug-likeness (QED) is 0.788. The molecule has 0 saturated carbocycles. The number of rotatable bonds is 5. The number of aromatic nitrogens is 2. The molecule has 0 aromatic carbocycles. The predicted octanol–water partition coefficient (Wildman–Crippen LogP) is 0.392. The SMILES string of the molecule is CNC1CN(c2cc(COC(C)C)nc(N)n2)C1. The number of ether oxygens (including phenoxy) is 1. The lowest BCUT2D eigenvalue weighted by molar-refractivity contribution is 0.0636. The summed E-state index contributed by atoms with van der Waals surface area (Å²) in [7, 11) is 1.97. The zero-order valence-electron chi connectivity index (χ0n) is 11.2. The number of nitrogens with two attached hydrogens (primary N) is 1. The monoisotopic (exact) mass is 251 g/mol. The molecule has 6 heteroatoms.